The van der Waals surface area contributed by atoms with Crippen molar-refractivity contribution in [2.75, 3.05) is 0 Å². The van der Waals surface area contributed by atoms with Crippen molar-refractivity contribution >= 4 is 37.7 Å². The first kappa shape index (κ1) is 32.9. The van der Waals surface area contributed by atoms with Gasteiger partial charge in [-0.15, -0.1) is 0 Å². The molecule has 0 aromatic heterocycles. The van der Waals surface area contributed by atoms with Gasteiger partial charge in [0, 0.05) is 69.7 Å². The molecule has 0 unspecified atom stereocenters. The van der Waals surface area contributed by atoms with Gasteiger partial charge in [-0.2, -0.15) is 0 Å². The van der Waals surface area contributed by atoms with Gasteiger partial charge in [0.1, 0.15) is 0 Å². The summed E-state index contributed by atoms with van der Waals surface area (Å²) in [6.45, 7) is 0. The summed E-state index contributed by atoms with van der Waals surface area (Å²) in [4.78, 5) is 0. The normalized spacial score (nSPS) is 1.00. The number of hydrogen-bond donors (Lipinski definition) is 0. The van der Waals surface area contributed by atoms with Gasteiger partial charge in [-0.05, 0) is 0 Å². The van der Waals surface area contributed by atoms with Crippen molar-refractivity contribution in [3.63, 3.8) is 0 Å². The second-order valence-electron chi connectivity index (χ2n) is 0. The monoisotopic (exact) mass is 371 g/mol. The third-order valence-corrected chi connectivity index (χ3v) is 0. The molecule has 0 atom stereocenters. The Kier molecular flexibility index (Phi) is 203. The third kappa shape index (κ3) is 24.9. The van der Waals surface area contributed by atoms with Crippen LogP contribution in [-0.2, 0) is 53.9 Å². The third-order valence-electron chi connectivity index (χ3n) is 0. The van der Waals surface area contributed by atoms with Crippen LogP contribution in [0.1, 0.15) is 0 Å². The van der Waals surface area contributed by atoms with Crippen molar-refractivity contribution in [1.29, 1.82) is 0 Å². The van der Waals surface area contributed by atoms with E-state index in [4.69, 9.17) is 3.83 Å². The molecule has 0 aromatic carbocycles. The first-order valence-electron chi connectivity index (χ1n) is 0.123. The molecule has 0 spiro atoms. The fourth-order valence-electron chi connectivity index (χ4n) is 0. The predicted octanol–water partition coefficient (Wildman–Crippen LogP) is -1.04. The molecule has 0 saturated carbocycles. The molecule has 0 aliphatic heterocycles. The molecule has 0 bridgehead atoms. The van der Waals surface area contributed by atoms with E-state index in [1.54, 1.807) is 0 Å². The van der Waals surface area contributed by atoms with Gasteiger partial charge >= 0.3 is 57.5 Å². The molecule has 0 fully saturated rings. The van der Waals surface area contributed by atoms with Crippen LogP contribution in [0.25, 0.3) is 0 Å². The summed E-state index contributed by atoms with van der Waals surface area (Å²) in [7, 11) is 0. The van der Waals surface area contributed by atoms with E-state index in [2.05, 4.69) is 15.9 Å². The molecule has 0 N–H and O–H groups in total. The van der Waals surface area contributed by atoms with E-state index in [0.717, 1.165) is 0 Å². The van der Waals surface area contributed by atoms with Crippen LogP contribution in [0.3, 0.4) is 0 Å². The molecule has 0 aromatic rings. The van der Waals surface area contributed by atoms with E-state index in [0.29, 0.717) is 0 Å². The fraction of sp³-hybridized carbons (Fsp3) is 0. The molecule has 0 rings (SSSR count). The minimum absolute atomic E-state index is 0. The standard InChI is InChI=1S/Ca.Cu.Fe.La.Mn.O.2H. The van der Waals surface area contributed by atoms with Gasteiger partial charge < -0.3 is 0 Å². The summed E-state index contributed by atoms with van der Waals surface area (Å²) in [6, 6.07) is 0. The van der Waals surface area contributed by atoms with Crippen LogP contribution in [0, 0.1) is 35.6 Å². The summed E-state index contributed by atoms with van der Waals surface area (Å²) in [5.41, 5.74) is 0. The molecule has 0 aliphatic carbocycles. The maximum absolute atomic E-state index is 7.81. The van der Waals surface area contributed by atoms with Crippen molar-refractivity contribution in [2.45, 2.75) is 0 Å². The SMILES string of the molecule is [CaH2].[Fe].[La].[Mn].[O]=[Cu]. The van der Waals surface area contributed by atoms with E-state index >= 15 is 0 Å². The predicted molar refractivity (Wildman–Crippen MR) is 9.23 cm³/mol. The second kappa shape index (κ2) is 37.0. The van der Waals surface area contributed by atoms with Crippen LogP contribution in [0.5, 0.6) is 0 Å². The quantitative estimate of drug-likeness (QED) is 0.497. The van der Waals surface area contributed by atoms with E-state index in [1.807, 2.05) is 0 Å². The first-order valence-corrected chi connectivity index (χ1v) is 0.508. The van der Waals surface area contributed by atoms with Gasteiger partial charge in [-0.25, -0.2) is 0 Å². The number of rotatable bonds is 0. The molecule has 0 amide bonds. The molecule has 0 aliphatic rings. The molecule has 39 valence electrons. The zero-order chi connectivity index (χ0) is 2.00. The Hall–Kier alpha value is 3.81. The van der Waals surface area contributed by atoms with Crippen LogP contribution in [0.15, 0.2) is 0 Å². The molecular formula is H2CaCuFeLaMnO. The second-order valence-corrected chi connectivity index (χ2v) is 0. The van der Waals surface area contributed by atoms with Crippen molar-refractivity contribution in [3.05, 3.63) is 0 Å². The molecule has 1 nitrogen and oxygen atoms in total. The molecule has 2 radical (unpaired) electrons. The number of hydrogen-bond acceptors (Lipinski definition) is 1. The van der Waals surface area contributed by atoms with Gasteiger partial charge in [-0.3, -0.25) is 0 Å². The topological polar surface area (TPSA) is 17.1 Å². The van der Waals surface area contributed by atoms with E-state index < -0.39 is 0 Å². The maximum atomic E-state index is 7.81. The van der Waals surface area contributed by atoms with Gasteiger partial charge in [-0.1, -0.05) is 0 Å². The van der Waals surface area contributed by atoms with E-state index in [1.165, 1.54) is 0 Å². The van der Waals surface area contributed by atoms with Crippen LogP contribution in [-0.4, -0.2) is 37.7 Å². The molecule has 6 heavy (non-hydrogen) atoms. The van der Waals surface area contributed by atoms with Crippen molar-refractivity contribution in [3.8, 4) is 0 Å². The first-order chi connectivity index (χ1) is 1.00. The summed E-state index contributed by atoms with van der Waals surface area (Å²) in [5.74, 6) is 0. The van der Waals surface area contributed by atoms with Crippen LogP contribution < -0.4 is 0 Å². The Bertz CT molecular complexity index is 15.5. The molecule has 0 saturated heterocycles. The summed E-state index contributed by atoms with van der Waals surface area (Å²) in [6.07, 6.45) is 0. The van der Waals surface area contributed by atoms with Crippen LogP contribution >= 0.6 is 0 Å². The summed E-state index contributed by atoms with van der Waals surface area (Å²) in [5, 5.41) is 0. The average molecular weight is 371 g/mol. The Labute approximate surface area is 124 Å². The molecule has 6 heteroatoms. The fourth-order valence-corrected chi connectivity index (χ4v) is 0. The van der Waals surface area contributed by atoms with Crippen molar-refractivity contribution < 1.29 is 89.5 Å². The van der Waals surface area contributed by atoms with Crippen LogP contribution in [0.4, 0.5) is 0 Å². The zero-order valence-electron chi connectivity index (χ0n) is 2.02. The Balaban J connectivity index is -0.000000000833. The van der Waals surface area contributed by atoms with Gasteiger partial charge in [0.2, 0.25) is 0 Å². The summed E-state index contributed by atoms with van der Waals surface area (Å²) < 4.78 is 7.81. The minimum atomic E-state index is 0. The van der Waals surface area contributed by atoms with Crippen LogP contribution in [0.2, 0.25) is 0 Å². The average Bonchev–Trinajstić information content (AvgIpc) is 1.00. The van der Waals surface area contributed by atoms with Crippen molar-refractivity contribution in [1.82, 2.24) is 0 Å². The van der Waals surface area contributed by atoms with Gasteiger partial charge in [0.15, 0.2) is 0 Å². The van der Waals surface area contributed by atoms with E-state index in [-0.39, 0.29) is 107 Å². The molecular weight excluding hydrogens is 369 g/mol. The Morgan fingerprint density at radius 2 is 1.17 bits per heavy atom. The van der Waals surface area contributed by atoms with Crippen molar-refractivity contribution in [2.24, 2.45) is 0 Å². The van der Waals surface area contributed by atoms with E-state index in [9.17, 15) is 0 Å². The van der Waals surface area contributed by atoms with Gasteiger partial charge in [0.25, 0.3) is 0 Å². The summed E-state index contributed by atoms with van der Waals surface area (Å²) >= 11 is 2.94. The molecule has 0 heterocycles. The Morgan fingerprint density at radius 1 is 1.17 bits per heavy atom. The Morgan fingerprint density at radius 3 is 1.17 bits per heavy atom. The van der Waals surface area contributed by atoms with Gasteiger partial charge in [0.05, 0.1) is 0 Å². The zero-order valence-corrected chi connectivity index (χ0v) is 8.87.